The molecule has 0 radical (unpaired) electrons. The molecular weight excluding hydrogens is 258 g/mol. The van der Waals surface area contributed by atoms with Gasteiger partial charge in [0.1, 0.15) is 0 Å². The fourth-order valence-electron chi connectivity index (χ4n) is 2.47. The molecule has 1 fully saturated rings. The largest absolute Gasteiger partial charge is 0.333 e. The fourth-order valence-corrected chi connectivity index (χ4v) is 2.47. The van der Waals surface area contributed by atoms with Crippen molar-refractivity contribution in [2.24, 2.45) is 0 Å². The van der Waals surface area contributed by atoms with Crippen LogP contribution >= 0.6 is 0 Å². The molecule has 20 heavy (non-hydrogen) atoms. The van der Waals surface area contributed by atoms with E-state index < -0.39 is 4.92 Å². The summed E-state index contributed by atoms with van der Waals surface area (Å²) in [6.45, 7) is 5.97. The van der Waals surface area contributed by atoms with E-state index in [1.54, 1.807) is 17.0 Å². The van der Waals surface area contributed by atoms with Gasteiger partial charge in [-0.1, -0.05) is 13.0 Å². The normalized spacial score (nSPS) is 18.9. The standard InChI is InChI=1S/C14H19N3O3/c1-3-11-4-5-12(8-13(11)17(19)20)14(18)16-7-6-15-9-10(16)2/h4-5,8,10,15H,3,6-7,9H2,1-2H3. The fraction of sp³-hybridized carbons (Fsp3) is 0.500. The molecule has 1 atom stereocenters. The number of nitro benzene ring substituents is 1. The van der Waals surface area contributed by atoms with E-state index in [4.69, 9.17) is 0 Å². The monoisotopic (exact) mass is 277 g/mol. The van der Waals surface area contributed by atoms with Crippen molar-refractivity contribution in [3.8, 4) is 0 Å². The highest BCUT2D eigenvalue weighted by molar-refractivity contribution is 5.95. The first-order chi connectivity index (χ1) is 9.54. The predicted molar refractivity (Wildman–Crippen MR) is 75.8 cm³/mol. The van der Waals surface area contributed by atoms with Gasteiger partial charge in [0, 0.05) is 42.9 Å². The van der Waals surface area contributed by atoms with Crippen LogP contribution in [0.1, 0.15) is 29.8 Å². The zero-order valence-corrected chi connectivity index (χ0v) is 11.8. The van der Waals surface area contributed by atoms with E-state index >= 15 is 0 Å². The Labute approximate surface area is 117 Å². The van der Waals surface area contributed by atoms with Gasteiger partial charge in [-0.3, -0.25) is 14.9 Å². The van der Waals surface area contributed by atoms with E-state index in [1.807, 2.05) is 13.8 Å². The number of nitrogens with one attached hydrogen (secondary N) is 1. The van der Waals surface area contributed by atoms with Crippen LogP contribution in [0.5, 0.6) is 0 Å². The number of aryl methyl sites for hydroxylation is 1. The highest BCUT2D eigenvalue weighted by Gasteiger charge is 2.25. The SMILES string of the molecule is CCc1ccc(C(=O)N2CCNCC2C)cc1[N+](=O)[O-]. The van der Waals surface area contributed by atoms with Gasteiger partial charge < -0.3 is 10.2 Å². The van der Waals surface area contributed by atoms with Gasteiger partial charge in [0.05, 0.1) is 4.92 Å². The van der Waals surface area contributed by atoms with Crippen molar-refractivity contribution >= 4 is 11.6 Å². The van der Waals surface area contributed by atoms with Gasteiger partial charge in [0.2, 0.25) is 0 Å². The quantitative estimate of drug-likeness (QED) is 0.672. The van der Waals surface area contributed by atoms with E-state index in [-0.39, 0.29) is 17.6 Å². The van der Waals surface area contributed by atoms with Gasteiger partial charge in [-0.2, -0.15) is 0 Å². The Kier molecular flexibility index (Phi) is 4.34. The molecule has 0 aliphatic carbocycles. The van der Waals surface area contributed by atoms with Crippen molar-refractivity contribution in [2.75, 3.05) is 19.6 Å². The van der Waals surface area contributed by atoms with Gasteiger partial charge in [0.25, 0.3) is 11.6 Å². The number of piperazine rings is 1. The van der Waals surface area contributed by atoms with Crippen molar-refractivity contribution in [1.29, 1.82) is 0 Å². The summed E-state index contributed by atoms with van der Waals surface area (Å²) in [5.74, 6) is -0.134. The Hall–Kier alpha value is -1.95. The Morgan fingerprint density at radius 3 is 2.90 bits per heavy atom. The molecule has 1 aliphatic heterocycles. The van der Waals surface area contributed by atoms with Crippen LogP contribution < -0.4 is 5.32 Å². The highest BCUT2D eigenvalue weighted by atomic mass is 16.6. The third-order valence-electron chi connectivity index (χ3n) is 3.67. The molecule has 2 rings (SSSR count). The van der Waals surface area contributed by atoms with E-state index in [2.05, 4.69) is 5.32 Å². The van der Waals surface area contributed by atoms with Gasteiger partial charge in [-0.25, -0.2) is 0 Å². The molecule has 0 aromatic heterocycles. The maximum atomic E-state index is 12.5. The molecule has 1 amide bonds. The number of nitro groups is 1. The van der Waals surface area contributed by atoms with Crippen molar-refractivity contribution in [2.45, 2.75) is 26.3 Å². The Morgan fingerprint density at radius 1 is 1.55 bits per heavy atom. The van der Waals surface area contributed by atoms with Crippen LogP contribution in [0.15, 0.2) is 18.2 Å². The van der Waals surface area contributed by atoms with Crippen LogP contribution in [-0.2, 0) is 6.42 Å². The lowest BCUT2D eigenvalue weighted by atomic mass is 10.1. The van der Waals surface area contributed by atoms with Crippen molar-refractivity contribution in [3.63, 3.8) is 0 Å². The molecule has 6 nitrogen and oxygen atoms in total. The maximum Gasteiger partial charge on any atom is 0.273 e. The van der Waals surface area contributed by atoms with E-state index in [9.17, 15) is 14.9 Å². The molecular formula is C14H19N3O3. The second-order valence-corrected chi connectivity index (χ2v) is 5.01. The highest BCUT2D eigenvalue weighted by Crippen LogP contribution is 2.22. The number of benzene rings is 1. The summed E-state index contributed by atoms with van der Waals surface area (Å²) >= 11 is 0. The molecule has 1 unspecified atom stereocenters. The number of hydrogen-bond acceptors (Lipinski definition) is 4. The second-order valence-electron chi connectivity index (χ2n) is 5.01. The average molecular weight is 277 g/mol. The van der Waals surface area contributed by atoms with Crippen LogP contribution in [0.2, 0.25) is 0 Å². The molecule has 6 heteroatoms. The van der Waals surface area contributed by atoms with Gasteiger partial charge >= 0.3 is 0 Å². The molecule has 1 aromatic rings. The summed E-state index contributed by atoms with van der Waals surface area (Å²) in [7, 11) is 0. The summed E-state index contributed by atoms with van der Waals surface area (Å²) in [4.78, 5) is 24.9. The molecule has 1 N–H and O–H groups in total. The molecule has 1 aromatic carbocycles. The molecule has 1 aliphatic rings. The predicted octanol–water partition coefficient (Wildman–Crippen LogP) is 1.59. The lowest BCUT2D eigenvalue weighted by Crippen LogP contribution is -2.52. The number of rotatable bonds is 3. The minimum Gasteiger partial charge on any atom is -0.333 e. The number of carbonyl (C=O) groups excluding carboxylic acids is 1. The zero-order chi connectivity index (χ0) is 14.7. The molecule has 1 heterocycles. The Balaban J connectivity index is 2.30. The molecule has 108 valence electrons. The summed E-state index contributed by atoms with van der Waals surface area (Å²) < 4.78 is 0. The lowest BCUT2D eigenvalue weighted by Gasteiger charge is -2.34. The second kappa shape index (κ2) is 6.00. The molecule has 0 bridgehead atoms. The van der Waals surface area contributed by atoms with Crippen LogP contribution in [0.25, 0.3) is 0 Å². The first-order valence-corrected chi connectivity index (χ1v) is 6.83. The minimum atomic E-state index is -0.420. The van der Waals surface area contributed by atoms with Gasteiger partial charge in [0.15, 0.2) is 0 Å². The van der Waals surface area contributed by atoms with Gasteiger partial charge in [-0.05, 0) is 19.4 Å². The van der Waals surface area contributed by atoms with Gasteiger partial charge in [-0.15, -0.1) is 0 Å². The van der Waals surface area contributed by atoms with E-state index in [1.165, 1.54) is 6.07 Å². The third-order valence-corrected chi connectivity index (χ3v) is 3.67. The Bertz CT molecular complexity index is 530. The smallest absolute Gasteiger partial charge is 0.273 e. The van der Waals surface area contributed by atoms with Crippen LogP contribution in [0.4, 0.5) is 5.69 Å². The van der Waals surface area contributed by atoms with E-state index in [0.29, 0.717) is 24.1 Å². The topological polar surface area (TPSA) is 75.5 Å². The minimum absolute atomic E-state index is 0.0288. The maximum absolute atomic E-state index is 12.5. The summed E-state index contributed by atoms with van der Waals surface area (Å²) in [6, 6.07) is 4.86. The Morgan fingerprint density at radius 2 is 2.30 bits per heavy atom. The van der Waals surface area contributed by atoms with Crippen LogP contribution in [0, 0.1) is 10.1 Å². The number of nitrogens with zero attached hydrogens (tertiary/aromatic N) is 2. The summed E-state index contributed by atoms with van der Waals surface area (Å²) in [5.41, 5.74) is 1.07. The van der Waals surface area contributed by atoms with Crippen molar-refractivity contribution < 1.29 is 9.72 Å². The summed E-state index contributed by atoms with van der Waals surface area (Å²) in [5, 5.41) is 14.3. The number of carbonyl (C=O) groups is 1. The van der Waals surface area contributed by atoms with Crippen LogP contribution in [0.3, 0.4) is 0 Å². The zero-order valence-electron chi connectivity index (χ0n) is 11.8. The first-order valence-electron chi connectivity index (χ1n) is 6.83. The molecule has 0 saturated carbocycles. The number of amides is 1. The van der Waals surface area contributed by atoms with E-state index in [0.717, 1.165) is 13.1 Å². The van der Waals surface area contributed by atoms with Crippen molar-refractivity contribution in [1.82, 2.24) is 10.2 Å². The summed E-state index contributed by atoms with van der Waals surface area (Å²) in [6.07, 6.45) is 0.578. The van der Waals surface area contributed by atoms with Crippen LogP contribution in [-0.4, -0.2) is 41.4 Å². The third kappa shape index (κ3) is 2.80. The molecule has 0 spiro atoms. The van der Waals surface area contributed by atoms with Crippen molar-refractivity contribution in [3.05, 3.63) is 39.4 Å². The first kappa shape index (κ1) is 14.5. The lowest BCUT2D eigenvalue weighted by molar-refractivity contribution is -0.385. The average Bonchev–Trinajstić information content (AvgIpc) is 2.46. The number of hydrogen-bond donors (Lipinski definition) is 1. The molecule has 1 saturated heterocycles.